The van der Waals surface area contributed by atoms with Crippen molar-refractivity contribution in [3.8, 4) is 6.07 Å². The van der Waals surface area contributed by atoms with Gasteiger partial charge in [-0.05, 0) is 11.5 Å². The first-order valence-electron chi connectivity index (χ1n) is 5.28. The summed E-state index contributed by atoms with van der Waals surface area (Å²) in [5.41, 5.74) is 8.61. The molecule has 0 atom stereocenters. The first-order valence-corrected chi connectivity index (χ1v) is 5.28. The smallest absolute Gasteiger partial charge is 0.201 e. The number of hydrogen-bond acceptors (Lipinski definition) is 4. The van der Waals surface area contributed by atoms with Gasteiger partial charge in [0.2, 0.25) is 5.71 Å². The molecule has 0 bridgehead atoms. The van der Waals surface area contributed by atoms with Crippen LogP contribution in [0.4, 0.5) is 5.69 Å². The maximum Gasteiger partial charge on any atom is 0.201 e. The van der Waals surface area contributed by atoms with E-state index in [1.807, 2.05) is 42.5 Å². The minimum atomic E-state index is -0.356. The normalized spacial score (nSPS) is 10.9. The zero-order chi connectivity index (χ0) is 13.0. The summed E-state index contributed by atoms with van der Waals surface area (Å²) in [6.07, 6.45) is 0. The highest BCUT2D eigenvalue weighted by molar-refractivity contribution is 6.45. The fraction of sp³-hybridized carbons (Fsp3) is 0. The van der Waals surface area contributed by atoms with Crippen LogP contribution in [0.25, 0.3) is 10.8 Å². The van der Waals surface area contributed by atoms with Crippen molar-refractivity contribution >= 4 is 28.0 Å². The van der Waals surface area contributed by atoms with Gasteiger partial charge in [-0.2, -0.15) is 10.4 Å². The molecule has 0 spiro atoms. The lowest BCUT2D eigenvalue weighted by Gasteiger charge is -2.05. The molecule has 2 aromatic rings. The van der Waals surface area contributed by atoms with Gasteiger partial charge >= 0.3 is 0 Å². The van der Waals surface area contributed by atoms with Crippen LogP contribution in [0.3, 0.4) is 0 Å². The van der Waals surface area contributed by atoms with Crippen molar-refractivity contribution in [3.63, 3.8) is 0 Å². The van der Waals surface area contributed by atoms with Crippen LogP contribution in [0.1, 0.15) is 0 Å². The van der Waals surface area contributed by atoms with Crippen molar-refractivity contribution in [2.24, 2.45) is 10.8 Å². The molecular weight excluding hydrogens is 226 g/mol. The number of benzene rings is 2. The van der Waals surface area contributed by atoms with Gasteiger partial charge in [-0.3, -0.25) is 10.8 Å². The van der Waals surface area contributed by atoms with E-state index in [0.29, 0.717) is 0 Å². The van der Waals surface area contributed by atoms with Crippen molar-refractivity contribution in [1.82, 2.24) is 0 Å². The van der Waals surface area contributed by atoms with Gasteiger partial charge < -0.3 is 5.73 Å². The molecule has 2 rings (SSSR count). The van der Waals surface area contributed by atoms with Gasteiger partial charge in [0.05, 0.1) is 5.69 Å². The third-order valence-corrected chi connectivity index (χ3v) is 2.44. The number of fused-ring (bicyclic) bond motifs is 1. The van der Waals surface area contributed by atoms with Crippen LogP contribution in [-0.2, 0) is 0 Å². The fourth-order valence-electron chi connectivity index (χ4n) is 1.58. The maximum absolute atomic E-state index is 8.75. The molecule has 0 heterocycles. The lowest BCUT2D eigenvalue weighted by molar-refractivity contribution is 1.35. The van der Waals surface area contributed by atoms with Gasteiger partial charge in [0, 0.05) is 5.39 Å². The number of amidine groups is 1. The summed E-state index contributed by atoms with van der Waals surface area (Å²) in [4.78, 5) is 0. The molecule has 0 aliphatic heterocycles. The molecule has 2 aromatic carbocycles. The maximum atomic E-state index is 8.75. The largest absolute Gasteiger partial charge is 0.382 e. The minimum absolute atomic E-state index is 0.136. The third kappa shape index (κ3) is 2.28. The second kappa shape index (κ2) is 4.97. The Bertz CT molecular complexity index is 661. The SMILES string of the molecule is N#C/C(=N\Nc1cccc2ccccc12)C(=N)N. The Kier molecular flexibility index (Phi) is 3.21. The average Bonchev–Trinajstić information content (AvgIpc) is 2.39. The molecule has 0 saturated carbocycles. The number of rotatable bonds is 3. The van der Waals surface area contributed by atoms with E-state index in [0.717, 1.165) is 16.5 Å². The summed E-state index contributed by atoms with van der Waals surface area (Å²) in [6, 6.07) is 15.3. The Morgan fingerprint density at radius 3 is 2.67 bits per heavy atom. The summed E-state index contributed by atoms with van der Waals surface area (Å²) < 4.78 is 0. The standard InChI is InChI=1S/C13H11N5/c14-8-12(13(15)16)18-17-11-7-3-5-9-4-1-2-6-10(9)11/h1-7,17H,(H3,15,16)/b18-12+. The lowest BCUT2D eigenvalue weighted by Crippen LogP contribution is -2.21. The van der Waals surface area contributed by atoms with Crippen molar-refractivity contribution < 1.29 is 0 Å². The molecule has 4 N–H and O–H groups in total. The number of nitriles is 1. The number of nitrogens with one attached hydrogen (secondary N) is 2. The van der Waals surface area contributed by atoms with Crippen LogP contribution >= 0.6 is 0 Å². The van der Waals surface area contributed by atoms with E-state index in [2.05, 4.69) is 10.5 Å². The molecule has 18 heavy (non-hydrogen) atoms. The number of nitrogens with zero attached hydrogens (tertiary/aromatic N) is 2. The predicted octanol–water partition coefficient (Wildman–Crippen LogP) is 2.07. The number of nitrogens with two attached hydrogens (primary N) is 1. The van der Waals surface area contributed by atoms with Crippen molar-refractivity contribution in [1.29, 1.82) is 10.7 Å². The Morgan fingerprint density at radius 1 is 1.22 bits per heavy atom. The molecule has 0 radical (unpaired) electrons. The Morgan fingerprint density at radius 2 is 1.94 bits per heavy atom. The second-order valence-corrected chi connectivity index (χ2v) is 3.62. The summed E-state index contributed by atoms with van der Waals surface area (Å²) in [6.45, 7) is 0. The fourth-order valence-corrected chi connectivity index (χ4v) is 1.58. The lowest BCUT2D eigenvalue weighted by atomic mass is 10.1. The molecule has 0 aliphatic carbocycles. The van der Waals surface area contributed by atoms with Crippen LogP contribution in [0.15, 0.2) is 47.6 Å². The van der Waals surface area contributed by atoms with Crippen LogP contribution in [-0.4, -0.2) is 11.5 Å². The highest BCUT2D eigenvalue weighted by Gasteiger charge is 2.02. The Balaban J connectivity index is 2.39. The number of anilines is 1. The Labute approximate surface area is 104 Å². The van der Waals surface area contributed by atoms with E-state index in [1.54, 1.807) is 6.07 Å². The molecule has 0 aromatic heterocycles. The monoisotopic (exact) mass is 237 g/mol. The van der Waals surface area contributed by atoms with Gasteiger partial charge in [-0.25, -0.2) is 0 Å². The van der Waals surface area contributed by atoms with Crippen molar-refractivity contribution in [2.75, 3.05) is 5.43 Å². The van der Waals surface area contributed by atoms with Gasteiger partial charge in [-0.15, -0.1) is 0 Å². The summed E-state index contributed by atoms with van der Waals surface area (Å²) in [5, 5.41) is 21.8. The van der Waals surface area contributed by atoms with E-state index >= 15 is 0 Å². The minimum Gasteiger partial charge on any atom is -0.382 e. The first-order chi connectivity index (χ1) is 8.72. The number of hydrogen-bond donors (Lipinski definition) is 3. The molecule has 0 saturated heterocycles. The number of hydrazone groups is 1. The van der Waals surface area contributed by atoms with E-state index in [1.165, 1.54) is 0 Å². The van der Waals surface area contributed by atoms with Crippen LogP contribution < -0.4 is 11.2 Å². The van der Waals surface area contributed by atoms with Crippen LogP contribution in [0.5, 0.6) is 0 Å². The van der Waals surface area contributed by atoms with E-state index < -0.39 is 0 Å². The highest BCUT2D eigenvalue weighted by Crippen LogP contribution is 2.22. The first kappa shape index (κ1) is 11.6. The van der Waals surface area contributed by atoms with Crippen LogP contribution in [0, 0.1) is 16.7 Å². The molecular formula is C13H11N5. The average molecular weight is 237 g/mol. The topological polar surface area (TPSA) is 98.0 Å². The molecule has 0 aliphatic rings. The summed E-state index contributed by atoms with van der Waals surface area (Å²) >= 11 is 0. The molecule has 88 valence electrons. The Hall–Kier alpha value is -2.87. The molecule has 0 unspecified atom stereocenters. The van der Waals surface area contributed by atoms with Gasteiger partial charge in [0.1, 0.15) is 6.07 Å². The molecule has 5 nitrogen and oxygen atoms in total. The summed E-state index contributed by atoms with van der Waals surface area (Å²) in [7, 11) is 0. The van der Waals surface area contributed by atoms with Crippen molar-refractivity contribution in [2.45, 2.75) is 0 Å². The summed E-state index contributed by atoms with van der Waals surface area (Å²) in [5.74, 6) is -0.356. The van der Waals surface area contributed by atoms with E-state index in [9.17, 15) is 0 Å². The quantitative estimate of drug-likeness (QED) is 0.433. The van der Waals surface area contributed by atoms with Gasteiger partial charge in [0.25, 0.3) is 0 Å². The zero-order valence-electron chi connectivity index (χ0n) is 9.51. The zero-order valence-corrected chi connectivity index (χ0v) is 9.51. The van der Waals surface area contributed by atoms with Crippen molar-refractivity contribution in [3.05, 3.63) is 42.5 Å². The molecule has 5 heteroatoms. The van der Waals surface area contributed by atoms with Crippen LogP contribution in [0.2, 0.25) is 0 Å². The molecule has 0 fully saturated rings. The van der Waals surface area contributed by atoms with E-state index in [-0.39, 0.29) is 11.5 Å². The highest BCUT2D eigenvalue weighted by atomic mass is 15.3. The third-order valence-electron chi connectivity index (χ3n) is 2.44. The molecule has 0 amide bonds. The predicted molar refractivity (Wildman–Crippen MR) is 72.5 cm³/mol. The van der Waals surface area contributed by atoms with Gasteiger partial charge in [-0.1, -0.05) is 36.4 Å². The second-order valence-electron chi connectivity index (χ2n) is 3.62. The van der Waals surface area contributed by atoms with Gasteiger partial charge in [0.15, 0.2) is 5.84 Å². The van der Waals surface area contributed by atoms with E-state index in [4.69, 9.17) is 16.4 Å².